The minimum absolute atomic E-state index is 0.129. The number of halogens is 3. The Morgan fingerprint density at radius 3 is 2.25 bits per heavy atom. The fourth-order valence-electron chi connectivity index (χ4n) is 2.44. The van der Waals surface area contributed by atoms with Crippen LogP contribution in [0, 0.1) is 17.5 Å². The van der Waals surface area contributed by atoms with Crippen LogP contribution in [-0.4, -0.2) is 24.3 Å². The molecule has 2 rings (SSSR count). The Labute approximate surface area is 159 Å². The van der Waals surface area contributed by atoms with Gasteiger partial charge in [-0.3, -0.25) is 14.4 Å². The van der Waals surface area contributed by atoms with E-state index in [1.165, 1.54) is 6.92 Å². The Kier molecular flexibility index (Phi) is 7.14. The van der Waals surface area contributed by atoms with E-state index in [0.717, 1.165) is 6.07 Å². The first kappa shape index (κ1) is 20.9. The van der Waals surface area contributed by atoms with E-state index in [4.69, 9.17) is 0 Å². The predicted molar refractivity (Wildman–Crippen MR) is 95.6 cm³/mol. The number of hydrogen-bond donors (Lipinski definition) is 3. The van der Waals surface area contributed by atoms with Gasteiger partial charge in [0.2, 0.25) is 17.7 Å². The lowest BCUT2D eigenvalue weighted by molar-refractivity contribution is -0.125. The molecule has 2 aromatic rings. The molecule has 0 fully saturated rings. The van der Waals surface area contributed by atoms with Crippen LogP contribution in [0.4, 0.5) is 18.9 Å². The van der Waals surface area contributed by atoms with Crippen molar-refractivity contribution in [1.82, 2.24) is 10.6 Å². The summed E-state index contributed by atoms with van der Waals surface area (Å²) in [5.41, 5.74) is 0.166. The second kappa shape index (κ2) is 9.54. The molecule has 0 saturated carbocycles. The zero-order chi connectivity index (χ0) is 20.7. The van der Waals surface area contributed by atoms with E-state index in [0.29, 0.717) is 11.6 Å². The van der Waals surface area contributed by atoms with Crippen LogP contribution in [0.1, 0.15) is 24.9 Å². The van der Waals surface area contributed by atoms with E-state index >= 15 is 0 Å². The molecular formula is C19H18F3N3O3. The lowest BCUT2D eigenvalue weighted by Crippen LogP contribution is -2.36. The van der Waals surface area contributed by atoms with Gasteiger partial charge in [-0.1, -0.05) is 30.3 Å². The average molecular weight is 393 g/mol. The normalized spacial score (nSPS) is 11.4. The quantitative estimate of drug-likeness (QED) is 0.632. The van der Waals surface area contributed by atoms with Gasteiger partial charge in [0.25, 0.3) is 0 Å². The molecular weight excluding hydrogens is 375 g/mol. The van der Waals surface area contributed by atoms with Crippen LogP contribution >= 0.6 is 0 Å². The Bertz CT molecular complexity index is 875. The summed E-state index contributed by atoms with van der Waals surface area (Å²) in [5.74, 6) is -6.31. The second-order valence-electron chi connectivity index (χ2n) is 5.92. The summed E-state index contributed by atoms with van der Waals surface area (Å²) in [5, 5.41) is 7.02. The fraction of sp³-hybridized carbons (Fsp3) is 0.211. The Morgan fingerprint density at radius 1 is 0.929 bits per heavy atom. The van der Waals surface area contributed by atoms with Gasteiger partial charge in [-0.05, 0) is 17.7 Å². The first-order valence-electron chi connectivity index (χ1n) is 8.30. The van der Waals surface area contributed by atoms with Gasteiger partial charge in [-0.2, -0.15) is 0 Å². The molecule has 148 valence electrons. The first-order chi connectivity index (χ1) is 13.3. The summed E-state index contributed by atoms with van der Waals surface area (Å²) in [7, 11) is 0. The number of amides is 3. The van der Waals surface area contributed by atoms with Gasteiger partial charge >= 0.3 is 0 Å². The molecule has 0 aliphatic heterocycles. The van der Waals surface area contributed by atoms with Gasteiger partial charge in [0.1, 0.15) is 0 Å². The van der Waals surface area contributed by atoms with Gasteiger partial charge in [0.15, 0.2) is 17.5 Å². The monoisotopic (exact) mass is 393 g/mol. The first-order valence-corrected chi connectivity index (χ1v) is 8.30. The molecule has 1 unspecified atom stereocenters. The highest BCUT2D eigenvalue weighted by molar-refractivity contribution is 5.94. The number of hydrogen-bond acceptors (Lipinski definition) is 3. The van der Waals surface area contributed by atoms with Gasteiger partial charge in [0, 0.05) is 6.92 Å². The summed E-state index contributed by atoms with van der Waals surface area (Å²) in [4.78, 5) is 35.3. The zero-order valence-corrected chi connectivity index (χ0v) is 14.9. The van der Waals surface area contributed by atoms with Crippen LogP contribution in [0.5, 0.6) is 0 Å². The average Bonchev–Trinajstić information content (AvgIpc) is 2.67. The SMILES string of the molecule is CC(=O)NC(CC(=O)NCC(=O)Nc1ccc(F)c(F)c1F)c1ccccc1. The molecule has 28 heavy (non-hydrogen) atoms. The molecule has 0 spiro atoms. The highest BCUT2D eigenvalue weighted by Gasteiger charge is 2.18. The molecule has 0 heterocycles. The molecule has 0 aromatic heterocycles. The number of rotatable bonds is 7. The molecule has 0 aliphatic rings. The Morgan fingerprint density at radius 2 is 1.61 bits per heavy atom. The molecule has 0 saturated heterocycles. The van der Waals surface area contributed by atoms with Crippen molar-refractivity contribution >= 4 is 23.4 Å². The summed E-state index contributed by atoms with van der Waals surface area (Å²) >= 11 is 0. The minimum Gasteiger partial charge on any atom is -0.349 e. The molecule has 9 heteroatoms. The number of carbonyl (C=O) groups excluding carboxylic acids is 3. The third-order valence-electron chi connectivity index (χ3n) is 3.72. The second-order valence-corrected chi connectivity index (χ2v) is 5.92. The third kappa shape index (κ3) is 5.83. The van der Waals surface area contributed by atoms with Crippen molar-refractivity contribution in [2.75, 3.05) is 11.9 Å². The van der Waals surface area contributed by atoms with Crippen LogP contribution < -0.4 is 16.0 Å². The van der Waals surface area contributed by atoms with E-state index in [2.05, 4.69) is 10.6 Å². The fourth-order valence-corrected chi connectivity index (χ4v) is 2.44. The molecule has 0 bridgehead atoms. The molecule has 3 N–H and O–H groups in total. The van der Waals surface area contributed by atoms with Crippen molar-refractivity contribution in [2.24, 2.45) is 0 Å². The lowest BCUT2D eigenvalue weighted by atomic mass is 10.0. The van der Waals surface area contributed by atoms with Crippen molar-refractivity contribution in [3.8, 4) is 0 Å². The van der Waals surface area contributed by atoms with E-state index in [-0.39, 0.29) is 12.3 Å². The molecule has 0 radical (unpaired) electrons. The number of carbonyl (C=O) groups is 3. The largest absolute Gasteiger partial charge is 0.349 e. The maximum absolute atomic E-state index is 13.5. The van der Waals surface area contributed by atoms with Crippen molar-refractivity contribution in [1.29, 1.82) is 0 Å². The maximum atomic E-state index is 13.5. The number of benzene rings is 2. The van der Waals surface area contributed by atoms with E-state index in [1.54, 1.807) is 30.3 Å². The van der Waals surface area contributed by atoms with Gasteiger partial charge in [-0.25, -0.2) is 13.2 Å². The molecule has 0 aliphatic carbocycles. The summed E-state index contributed by atoms with van der Waals surface area (Å²) < 4.78 is 39.6. The summed E-state index contributed by atoms with van der Waals surface area (Å²) in [6.07, 6.45) is -0.129. The van der Waals surface area contributed by atoms with Gasteiger partial charge in [-0.15, -0.1) is 0 Å². The molecule has 1 atom stereocenters. The van der Waals surface area contributed by atoms with Crippen LogP contribution in [0.15, 0.2) is 42.5 Å². The third-order valence-corrected chi connectivity index (χ3v) is 3.72. The minimum atomic E-state index is -1.71. The van der Waals surface area contributed by atoms with Crippen LogP contribution in [0.2, 0.25) is 0 Å². The highest BCUT2D eigenvalue weighted by atomic mass is 19.2. The highest BCUT2D eigenvalue weighted by Crippen LogP contribution is 2.19. The summed E-state index contributed by atoms with van der Waals surface area (Å²) in [6.45, 7) is 0.802. The van der Waals surface area contributed by atoms with Crippen molar-refractivity contribution in [3.63, 3.8) is 0 Å². The Hall–Kier alpha value is -3.36. The Balaban J connectivity index is 1.92. The predicted octanol–water partition coefficient (Wildman–Crippen LogP) is 2.43. The van der Waals surface area contributed by atoms with Gasteiger partial charge < -0.3 is 16.0 Å². The topological polar surface area (TPSA) is 87.3 Å². The number of nitrogens with one attached hydrogen (secondary N) is 3. The standard InChI is InChI=1S/C19H18F3N3O3/c1-11(26)24-15(12-5-3-2-4-6-12)9-16(27)23-10-17(28)25-14-8-7-13(20)18(21)19(14)22/h2-8,15H,9-10H2,1H3,(H,23,27)(H,24,26)(H,25,28). The van der Waals surface area contributed by atoms with Crippen LogP contribution in [0.25, 0.3) is 0 Å². The van der Waals surface area contributed by atoms with Crippen molar-refractivity contribution in [2.45, 2.75) is 19.4 Å². The van der Waals surface area contributed by atoms with E-state index in [9.17, 15) is 27.6 Å². The van der Waals surface area contributed by atoms with E-state index in [1.807, 2.05) is 5.32 Å². The van der Waals surface area contributed by atoms with Crippen molar-refractivity contribution in [3.05, 3.63) is 65.5 Å². The molecule has 3 amide bonds. The molecule has 2 aromatic carbocycles. The molecule has 6 nitrogen and oxygen atoms in total. The summed E-state index contributed by atoms with van der Waals surface area (Å²) in [6, 6.07) is 9.73. The maximum Gasteiger partial charge on any atom is 0.243 e. The van der Waals surface area contributed by atoms with Crippen molar-refractivity contribution < 1.29 is 27.6 Å². The van der Waals surface area contributed by atoms with Crippen LogP contribution in [-0.2, 0) is 14.4 Å². The van der Waals surface area contributed by atoms with Gasteiger partial charge in [0.05, 0.1) is 24.7 Å². The number of anilines is 1. The zero-order valence-electron chi connectivity index (χ0n) is 14.9. The smallest absolute Gasteiger partial charge is 0.243 e. The van der Waals surface area contributed by atoms with Crippen LogP contribution in [0.3, 0.4) is 0 Å². The lowest BCUT2D eigenvalue weighted by Gasteiger charge is -2.18. The van der Waals surface area contributed by atoms with E-state index < -0.39 is 47.5 Å².